The summed E-state index contributed by atoms with van der Waals surface area (Å²) in [5.41, 5.74) is 1.48. The van der Waals surface area contributed by atoms with E-state index in [0.717, 1.165) is 22.2 Å². The predicted octanol–water partition coefficient (Wildman–Crippen LogP) is 2.88. The van der Waals surface area contributed by atoms with E-state index in [2.05, 4.69) is 15.6 Å². The average molecular weight is 359 g/mol. The summed E-state index contributed by atoms with van der Waals surface area (Å²) < 4.78 is 5.19. The smallest absolute Gasteiger partial charge is 0.251 e. The molecule has 0 saturated heterocycles. The molecule has 25 heavy (non-hydrogen) atoms. The lowest BCUT2D eigenvalue weighted by Crippen LogP contribution is -2.43. The molecule has 1 aliphatic rings. The summed E-state index contributed by atoms with van der Waals surface area (Å²) in [4.78, 5) is 15.2. The Hall–Kier alpha value is -2.08. The van der Waals surface area contributed by atoms with E-state index in [1.54, 1.807) is 7.11 Å². The van der Waals surface area contributed by atoms with Gasteiger partial charge in [-0.2, -0.15) is 0 Å². The molecular weight excluding hydrogens is 334 g/mol. The normalized spacial score (nSPS) is 15.1. The number of fused-ring (bicyclic) bond motifs is 1. The fraction of sp³-hybridized carbons (Fsp3) is 0.474. The zero-order valence-electron chi connectivity index (χ0n) is 14.6. The second-order valence-corrected chi connectivity index (χ2v) is 6.97. The quantitative estimate of drug-likeness (QED) is 0.717. The van der Waals surface area contributed by atoms with Gasteiger partial charge in [0, 0.05) is 24.2 Å². The lowest BCUT2D eigenvalue weighted by atomic mass is 9.96. The highest BCUT2D eigenvalue weighted by Gasteiger charge is 2.13. The minimum absolute atomic E-state index is 0.0614. The lowest BCUT2D eigenvalue weighted by Gasteiger charge is -2.24. The second kappa shape index (κ2) is 8.34. The number of ether oxygens (including phenoxy) is 1. The van der Waals surface area contributed by atoms with Crippen LogP contribution in [0, 0.1) is 0 Å². The highest BCUT2D eigenvalue weighted by molar-refractivity contribution is 7.80. The maximum atomic E-state index is 12.3. The summed E-state index contributed by atoms with van der Waals surface area (Å²) in [6.45, 7) is 0.642. The molecule has 5 nitrogen and oxygen atoms in total. The molecule has 1 aliphatic carbocycles. The summed E-state index contributed by atoms with van der Waals surface area (Å²) in [5.74, 6) is 0.733. The molecule has 0 spiro atoms. The van der Waals surface area contributed by atoms with Gasteiger partial charge in [-0.3, -0.25) is 4.79 Å². The van der Waals surface area contributed by atoms with E-state index < -0.39 is 0 Å². The van der Waals surface area contributed by atoms with Crippen molar-refractivity contribution in [1.82, 2.24) is 15.6 Å². The van der Waals surface area contributed by atoms with Crippen molar-refractivity contribution in [3.8, 4) is 5.75 Å². The lowest BCUT2D eigenvalue weighted by molar-refractivity contribution is 0.412. The summed E-state index contributed by atoms with van der Waals surface area (Å²) in [6, 6.07) is 8.12. The van der Waals surface area contributed by atoms with Crippen LogP contribution in [0.2, 0.25) is 0 Å². The molecule has 2 aromatic rings. The van der Waals surface area contributed by atoms with Gasteiger partial charge in [-0.05, 0) is 55.1 Å². The Morgan fingerprint density at radius 2 is 2.08 bits per heavy atom. The van der Waals surface area contributed by atoms with E-state index in [9.17, 15) is 4.79 Å². The van der Waals surface area contributed by atoms with Gasteiger partial charge in [0.2, 0.25) is 0 Å². The maximum Gasteiger partial charge on any atom is 0.251 e. The van der Waals surface area contributed by atoms with Crippen LogP contribution in [0.5, 0.6) is 5.75 Å². The van der Waals surface area contributed by atoms with E-state index >= 15 is 0 Å². The Kier molecular flexibility index (Phi) is 5.91. The molecule has 1 heterocycles. The Labute approximate surface area is 153 Å². The van der Waals surface area contributed by atoms with Crippen LogP contribution in [-0.4, -0.2) is 29.8 Å². The Morgan fingerprint density at radius 3 is 2.84 bits per heavy atom. The van der Waals surface area contributed by atoms with Gasteiger partial charge >= 0.3 is 0 Å². The molecule has 1 aromatic heterocycles. The van der Waals surface area contributed by atoms with Gasteiger partial charge in [0.25, 0.3) is 5.56 Å². The van der Waals surface area contributed by atoms with Crippen LogP contribution in [0.1, 0.15) is 37.7 Å². The first-order chi connectivity index (χ1) is 12.2. The van der Waals surface area contributed by atoms with Crippen LogP contribution in [0.4, 0.5) is 0 Å². The molecule has 6 heteroatoms. The summed E-state index contributed by atoms with van der Waals surface area (Å²) in [7, 11) is 1.61. The van der Waals surface area contributed by atoms with Crippen molar-refractivity contribution in [2.45, 2.75) is 44.6 Å². The van der Waals surface area contributed by atoms with Crippen molar-refractivity contribution < 1.29 is 4.74 Å². The standard InChI is InChI=1S/C19H25N3O2S/c1-24-16-8-7-13-11-14(18(23)22-17(13)12-16)9-10-20-19(25)21-15-5-3-2-4-6-15/h7-8,11-12,15H,2-6,9-10H2,1H3,(H,22,23)(H2,20,21,25). The van der Waals surface area contributed by atoms with Gasteiger partial charge in [0.1, 0.15) is 5.75 Å². The van der Waals surface area contributed by atoms with Crippen molar-refractivity contribution in [2.24, 2.45) is 0 Å². The topological polar surface area (TPSA) is 66.2 Å². The summed E-state index contributed by atoms with van der Waals surface area (Å²) in [6.07, 6.45) is 6.89. The van der Waals surface area contributed by atoms with Crippen LogP contribution in [0.3, 0.4) is 0 Å². The van der Waals surface area contributed by atoms with Crippen molar-refractivity contribution in [1.29, 1.82) is 0 Å². The Bertz CT molecular complexity index is 797. The number of hydrogen-bond donors (Lipinski definition) is 3. The minimum Gasteiger partial charge on any atom is -0.497 e. The largest absolute Gasteiger partial charge is 0.497 e. The molecule has 134 valence electrons. The Morgan fingerprint density at radius 1 is 1.28 bits per heavy atom. The number of methoxy groups -OCH3 is 1. The molecule has 3 N–H and O–H groups in total. The summed E-state index contributed by atoms with van der Waals surface area (Å²) >= 11 is 5.37. The number of hydrogen-bond acceptors (Lipinski definition) is 3. The number of pyridine rings is 1. The van der Waals surface area contributed by atoms with E-state index in [4.69, 9.17) is 17.0 Å². The number of benzene rings is 1. The fourth-order valence-electron chi connectivity index (χ4n) is 3.33. The first kappa shape index (κ1) is 17.7. The third kappa shape index (κ3) is 4.72. The van der Waals surface area contributed by atoms with Crippen molar-refractivity contribution >= 4 is 28.2 Å². The van der Waals surface area contributed by atoms with E-state index in [1.807, 2.05) is 24.3 Å². The third-order valence-electron chi connectivity index (χ3n) is 4.75. The number of nitrogens with one attached hydrogen (secondary N) is 3. The number of aromatic nitrogens is 1. The summed E-state index contributed by atoms with van der Waals surface area (Å²) in [5, 5.41) is 8.29. The van der Waals surface area contributed by atoms with Crippen LogP contribution >= 0.6 is 12.2 Å². The molecule has 0 unspecified atom stereocenters. The van der Waals surface area contributed by atoms with Gasteiger partial charge in [-0.15, -0.1) is 0 Å². The highest BCUT2D eigenvalue weighted by Crippen LogP contribution is 2.19. The molecule has 1 fully saturated rings. The average Bonchev–Trinajstić information content (AvgIpc) is 2.62. The SMILES string of the molecule is COc1ccc2cc(CCNC(=S)NC3CCCCC3)c(=O)[nH]c2c1. The van der Waals surface area contributed by atoms with Gasteiger partial charge in [0.15, 0.2) is 5.11 Å². The first-order valence-electron chi connectivity index (χ1n) is 8.90. The van der Waals surface area contributed by atoms with E-state index in [1.165, 1.54) is 32.1 Å². The zero-order valence-corrected chi connectivity index (χ0v) is 15.4. The fourth-order valence-corrected chi connectivity index (χ4v) is 3.60. The number of thiocarbonyl (C=S) groups is 1. The van der Waals surface area contributed by atoms with Crippen LogP contribution in [0.25, 0.3) is 10.9 Å². The minimum atomic E-state index is -0.0614. The third-order valence-corrected chi connectivity index (χ3v) is 5.01. The van der Waals surface area contributed by atoms with Crippen molar-refractivity contribution in [2.75, 3.05) is 13.7 Å². The molecule has 0 aliphatic heterocycles. The maximum absolute atomic E-state index is 12.3. The Balaban J connectivity index is 1.56. The van der Waals surface area contributed by atoms with Crippen molar-refractivity contribution in [3.63, 3.8) is 0 Å². The molecule has 1 saturated carbocycles. The number of aromatic amines is 1. The number of rotatable bonds is 5. The van der Waals surface area contributed by atoms with Gasteiger partial charge in [-0.1, -0.05) is 19.3 Å². The number of H-pyrrole nitrogens is 1. The predicted molar refractivity (Wildman–Crippen MR) is 105 cm³/mol. The molecule has 3 rings (SSSR count). The zero-order chi connectivity index (χ0) is 17.6. The monoisotopic (exact) mass is 359 g/mol. The van der Waals surface area contributed by atoms with Crippen molar-refractivity contribution in [3.05, 3.63) is 40.2 Å². The van der Waals surface area contributed by atoms with E-state index in [0.29, 0.717) is 24.1 Å². The van der Waals surface area contributed by atoms with Crippen LogP contribution in [-0.2, 0) is 6.42 Å². The molecule has 1 aromatic carbocycles. The van der Waals surface area contributed by atoms with Crippen LogP contribution in [0.15, 0.2) is 29.1 Å². The van der Waals surface area contributed by atoms with Gasteiger partial charge in [0.05, 0.1) is 12.6 Å². The van der Waals surface area contributed by atoms with E-state index in [-0.39, 0.29) is 5.56 Å². The first-order valence-corrected chi connectivity index (χ1v) is 9.31. The van der Waals surface area contributed by atoms with Gasteiger partial charge in [-0.25, -0.2) is 0 Å². The van der Waals surface area contributed by atoms with Crippen LogP contribution < -0.4 is 20.9 Å². The molecular formula is C19H25N3O2S. The highest BCUT2D eigenvalue weighted by atomic mass is 32.1. The molecule has 0 radical (unpaired) electrons. The molecule has 0 atom stereocenters. The molecule has 0 bridgehead atoms. The molecule has 0 amide bonds. The second-order valence-electron chi connectivity index (χ2n) is 6.56. The van der Waals surface area contributed by atoms with Gasteiger partial charge < -0.3 is 20.4 Å².